The van der Waals surface area contributed by atoms with Gasteiger partial charge in [-0.05, 0) is 17.7 Å². The molecule has 0 amide bonds. The second-order valence-corrected chi connectivity index (χ2v) is 4.05. The maximum atomic E-state index is 13.0. The van der Waals surface area contributed by atoms with Gasteiger partial charge in [0.15, 0.2) is 0 Å². The molecule has 3 N–H and O–H groups in total. The van der Waals surface area contributed by atoms with E-state index >= 15 is 0 Å². The molecule has 6 heteroatoms. The second kappa shape index (κ2) is 5.75. The second-order valence-electron chi connectivity index (χ2n) is 3.64. The van der Waals surface area contributed by atoms with E-state index in [1.165, 1.54) is 6.07 Å². The molecule has 0 aliphatic heterocycles. The summed E-state index contributed by atoms with van der Waals surface area (Å²) in [6, 6.07) is 4.49. The lowest BCUT2D eigenvalue weighted by Gasteiger charge is -2.05. The quantitative estimate of drug-likeness (QED) is 0.891. The fraction of sp³-hybridized carbons (Fsp3) is 0.167. The Bertz CT molecular complexity index is 530. The van der Waals surface area contributed by atoms with E-state index < -0.39 is 5.82 Å². The maximum Gasteiger partial charge on any atom is 0.222 e. The van der Waals surface area contributed by atoms with Crippen molar-refractivity contribution in [3.05, 3.63) is 41.4 Å². The largest absolute Gasteiger partial charge is 0.353 e. The third-order valence-electron chi connectivity index (χ3n) is 2.33. The molecule has 2 aromatic rings. The predicted molar refractivity (Wildman–Crippen MR) is 70.0 cm³/mol. The summed E-state index contributed by atoms with van der Waals surface area (Å²) < 4.78 is 13.0. The number of benzene rings is 1. The minimum Gasteiger partial charge on any atom is -0.353 e. The lowest BCUT2D eigenvalue weighted by atomic mass is 10.1. The minimum absolute atomic E-state index is 0.0813. The molecule has 2 rings (SSSR count). The van der Waals surface area contributed by atoms with Crippen LogP contribution in [0.1, 0.15) is 0 Å². The van der Waals surface area contributed by atoms with Crippen molar-refractivity contribution in [1.82, 2.24) is 9.97 Å². The van der Waals surface area contributed by atoms with E-state index in [1.807, 2.05) is 0 Å². The molecule has 0 atom stereocenters. The molecule has 0 unspecified atom stereocenters. The molecule has 0 saturated carbocycles. The van der Waals surface area contributed by atoms with Crippen molar-refractivity contribution in [1.29, 1.82) is 0 Å². The highest BCUT2D eigenvalue weighted by atomic mass is 35.5. The Balaban J connectivity index is 2.20. The molecular formula is C12H12ClFN4. The van der Waals surface area contributed by atoms with Gasteiger partial charge in [-0.2, -0.15) is 0 Å². The molecule has 0 saturated heterocycles. The molecule has 1 aromatic carbocycles. The van der Waals surface area contributed by atoms with Crippen LogP contribution in [0.15, 0.2) is 30.6 Å². The summed E-state index contributed by atoms with van der Waals surface area (Å²) >= 11 is 5.72. The van der Waals surface area contributed by atoms with Crippen molar-refractivity contribution in [3.63, 3.8) is 0 Å². The molecule has 0 aliphatic carbocycles. The molecule has 0 aliphatic rings. The Morgan fingerprint density at radius 2 is 1.94 bits per heavy atom. The first kappa shape index (κ1) is 12.7. The molecule has 1 heterocycles. The summed E-state index contributed by atoms with van der Waals surface area (Å²) in [6.45, 7) is 1.13. The van der Waals surface area contributed by atoms with Crippen molar-refractivity contribution < 1.29 is 4.39 Å². The topological polar surface area (TPSA) is 63.8 Å². The molecule has 18 heavy (non-hydrogen) atoms. The van der Waals surface area contributed by atoms with Crippen LogP contribution in [0, 0.1) is 5.82 Å². The zero-order valence-corrected chi connectivity index (χ0v) is 10.3. The van der Waals surface area contributed by atoms with Gasteiger partial charge in [0.1, 0.15) is 5.82 Å². The molecule has 94 valence electrons. The van der Waals surface area contributed by atoms with Crippen LogP contribution in [0.25, 0.3) is 11.1 Å². The molecular weight excluding hydrogens is 255 g/mol. The first-order valence-electron chi connectivity index (χ1n) is 5.42. The first-order chi connectivity index (χ1) is 8.70. The summed E-state index contributed by atoms with van der Waals surface area (Å²) in [5.41, 5.74) is 6.90. The van der Waals surface area contributed by atoms with E-state index in [9.17, 15) is 4.39 Å². The third-order valence-corrected chi connectivity index (χ3v) is 2.62. The lowest BCUT2D eigenvalue weighted by Crippen LogP contribution is -2.14. The summed E-state index contributed by atoms with van der Waals surface area (Å²) in [7, 11) is 0. The van der Waals surface area contributed by atoms with Crippen molar-refractivity contribution in [2.75, 3.05) is 18.4 Å². The number of rotatable bonds is 4. The summed E-state index contributed by atoms with van der Waals surface area (Å²) in [6.07, 6.45) is 3.30. The Morgan fingerprint density at radius 3 is 2.56 bits per heavy atom. The van der Waals surface area contributed by atoms with Crippen molar-refractivity contribution >= 4 is 17.5 Å². The average molecular weight is 267 g/mol. The average Bonchev–Trinajstić information content (AvgIpc) is 2.40. The number of aromatic nitrogens is 2. The highest BCUT2D eigenvalue weighted by Crippen LogP contribution is 2.24. The van der Waals surface area contributed by atoms with Gasteiger partial charge in [-0.3, -0.25) is 0 Å². The van der Waals surface area contributed by atoms with Crippen molar-refractivity contribution in [3.8, 4) is 11.1 Å². The van der Waals surface area contributed by atoms with Gasteiger partial charge in [-0.1, -0.05) is 17.7 Å². The van der Waals surface area contributed by atoms with E-state index in [0.717, 1.165) is 11.1 Å². The molecule has 1 aromatic heterocycles. The fourth-order valence-corrected chi connectivity index (χ4v) is 1.61. The lowest BCUT2D eigenvalue weighted by molar-refractivity contribution is 0.628. The Kier molecular flexibility index (Phi) is 4.07. The minimum atomic E-state index is -0.442. The first-order valence-corrected chi connectivity index (χ1v) is 5.80. The smallest absolute Gasteiger partial charge is 0.222 e. The zero-order valence-electron chi connectivity index (χ0n) is 9.53. The standard InChI is InChI=1S/C12H12ClFN4/c13-10-5-8(1-2-11(10)14)9-6-17-12(18-7-9)16-4-3-15/h1-2,5-7H,3-4,15H2,(H,16,17,18). The van der Waals surface area contributed by atoms with E-state index in [1.54, 1.807) is 24.5 Å². The van der Waals surface area contributed by atoms with Gasteiger partial charge in [-0.15, -0.1) is 0 Å². The number of nitrogens with one attached hydrogen (secondary N) is 1. The van der Waals surface area contributed by atoms with Crippen LogP contribution in [0.3, 0.4) is 0 Å². The van der Waals surface area contributed by atoms with Crippen LogP contribution in [0.4, 0.5) is 10.3 Å². The normalized spacial score (nSPS) is 10.4. The third kappa shape index (κ3) is 2.94. The van der Waals surface area contributed by atoms with E-state index in [-0.39, 0.29) is 5.02 Å². The number of nitrogens with zero attached hydrogens (tertiary/aromatic N) is 2. The van der Waals surface area contributed by atoms with Crippen molar-refractivity contribution in [2.24, 2.45) is 5.73 Å². The van der Waals surface area contributed by atoms with Gasteiger partial charge in [0.05, 0.1) is 5.02 Å². The number of hydrogen-bond donors (Lipinski definition) is 2. The van der Waals surface area contributed by atoms with Crippen LogP contribution in [-0.2, 0) is 0 Å². The van der Waals surface area contributed by atoms with Gasteiger partial charge in [0.25, 0.3) is 0 Å². The number of anilines is 1. The van der Waals surface area contributed by atoms with E-state index in [4.69, 9.17) is 17.3 Å². The van der Waals surface area contributed by atoms with E-state index in [2.05, 4.69) is 15.3 Å². The molecule has 0 radical (unpaired) electrons. The number of nitrogens with two attached hydrogens (primary N) is 1. The number of halogens is 2. The van der Waals surface area contributed by atoms with Gasteiger partial charge in [0.2, 0.25) is 5.95 Å². The summed E-state index contributed by atoms with van der Waals surface area (Å²) in [5.74, 6) is 0.0694. The Morgan fingerprint density at radius 1 is 1.22 bits per heavy atom. The highest BCUT2D eigenvalue weighted by molar-refractivity contribution is 6.31. The van der Waals surface area contributed by atoms with Crippen LogP contribution in [-0.4, -0.2) is 23.1 Å². The van der Waals surface area contributed by atoms with Gasteiger partial charge < -0.3 is 11.1 Å². The summed E-state index contributed by atoms with van der Waals surface area (Å²) in [4.78, 5) is 8.26. The van der Waals surface area contributed by atoms with Crippen LogP contribution < -0.4 is 11.1 Å². The molecule has 0 fully saturated rings. The van der Waals surface area contributed by atoms with Gasteiger partial charge in [0, 0.05) is 31.0 Å². The Hall–Kier alpha value is -1.72. The highest BCUT2D eigenvalue weighted by Gasteiger charge is 2.04. The molecule has 0 spiro atoms. The summed E-state index contributed by atoms with van der Waals surface area (Å²) in [5, 5.41) is 3.04. The molecule has 0 bridgehead atoms. The van der Waals surface area contributed by atoms with Crippen LogP contribution in [0.2, 0.25) is 5.02 Å². The zero-order chi connectivity index (χ0) is 13.0. The SMILES string of the molecule is NCCNc1ncc(-c2ccc(F)c(Cl)c2)cn1. The predicted octanol–water partition coefficient (Wildman–Crippen LogP) is 2.31. The van der Waals surface area contributed by atoms with Gasteiger partial charge >= 0.3 is 0 Å². The van der Waals surface area contributed by atoms with Crippen LogP contribution >= 0.6 is 11.6 Å². The van der Waals surface area contributed by atoms with Crippen molar-refractivity contribution in [2.45, 2.75) is 0 Å². The van der Waals surface area contributed by atoms with Crippen LogP contribution in [0.5, 0.6) is 0 Å². The van der Waals surface area contributed by atoms with E-state index in [0.29, 0.717) is 19.0 Å². The maximum absolute atomic E-state index is 13.0. The Labute approximate surface area is 109 Å². The number of hydrogen-bond acceptors (Lipinski definition) is 4. The monoisotopic (exact) mass is 266 g/mol. The van der Waals surface area contributed by atoms with Gasteiger partial charge in [-0.25, -0.2) is 14.4 Å². The fourth-order valence-electron chi connectivity index (χ4n) is 1.43. The molecule has 4 nitrogen and oxygen atoms in total.